The Hall–Kier alpha value is -0.570. The van der Waals surface area contributed by atoms with E-state index in [9.17, 15) is 0 Å². The monoisotopic (exact) mass is 128 g/mol. The molecule has 3 heteroatoms. The van der Waals surface area contributed by atoms with Crippen molar-refractivity contribution in [2.75, 3.05) is 5.73 Å². The maximum absolute atomic E-state index is 5.45. The van der Waals surface area contributed by atoms with Gasteiger partial charge in [0.2, 0.25) is 0 Å². The van der Waals surface area contributed by atoms with E-state index < -0.39 is 0 Å². The van der Waals surface area contributed by atoms with Crippen LogP contribution in [0, 0.1) is 0 Å². The molecule has 0 saturated carbocycles. The molecular weight excluding hydrogens is 120 g/mol. The zero-order chi connectivity index (χ0) is 5.98. The van der Waals surface area contributed by atoms with E-state index in [-0.39, 0.29) is 0 Å². The lowest BCUT2D eigenvalue weighted by atomic mass is 10.3. The van der Waals surface area contributed by atoms with E-state index in [1.807, 2.05) is 5.38 Å². The number of rotatable bonds is 1. The summed E-state index contributed by atoms with van der Waals surface area (Å²) in [5.41, 5.74) is 6.61. The summed E-state index contributed by atoms with van der Waals surface area (Å²) in [5, 5.41) is 1.98. The number of nitrogen functional groups attached to an aromatic ring is 1. The van der Waals surface area contributed by atoms with Crippen LogP contribution in [-0.4, -0.2) is 4.37 Å². The predicted molar refractivity (Wildman–Crippen MR) is 35.9 cm³/mol. The lowest BCUT2D eigenvalue weighted by Crippen LogP contribution is -1.87. The Morgan fingerprint density at radius 1 is 1.88 bits per heavy atom. The van der Waals surface area contributed by atoms with Crippen LogP contribution in [0.2, 0.25) is 0 Å². The highest BCUT2D eigenvalue weighted by atomic mass is 32.1. The molecule has 0 aliphatic carbocycles. The lowest BCUT2D eigenvalue weighted by Gasteiger charge is -1.86. The second kappa shape index (κ2) is 2.13. The standard InChI is InChI=1S/C5H8N2S/c1-2-4-3-8-7-5(4)6/h3H,2H2,1H3,(H2,6,7). The average Bonchev–Trinajstić information content (AvgIpc) is 2.14. The zero-order valence-corrected chi connectivity index (χ0v) is 5.53. The number of aryl methyl sites for hydroxylation is 1. The third-order valence-electron chi connectivity index (χ3n) is 1.06. The quantitative estimate of drug-likeness (QED) is 0.619. The second-order valence-electron chi connectivity index (χ2n) is 1.58. The van der Waals surface area contributed by atoms with Gasteiger partial charge in [-0.15, -0.1) is 0 Å². The number of aromatic nitrogens is 1. The van der Waals surface area contributed by atoms with Crippen LogP contribution < -0.4 is 5.73 Å². The summed E-state index contributed by atoms with van der Waals surface area (Å²) in [7, 11) is 0. The highest BCUT2D eigenvalue weighted by Crippen LogP contribution is 2.11. The normalized spacial score (nSPS) is 9.62. The molecule has 2 N–H and O–H groups in total. The Labute approximate surface area is 52.5 Å². The van der Waals surface area contributed by atoms with Crippen LogP contribution >= 0.6 is 11.5 Å². The van der Waals surface area contributed by atoms with Gasteiger partial charge in [0.05, 0.1) is 0 Å². The first-order valence-electron chi connectivity index (χ1n) is 2.53. The highest BCUT2D eigenvalue weighted by Gasteiger charge is 1.95. The summed E-state index contributed by atoms with van der Waals surface area (Å²) in [6, 6.07) is 0. The van der Waals surface area contributed by atoms with Gasteiger partial charge in [0.25, 0.3) is 0 Å². The third-order valence-corrected chi connectivity index (χ3v) is 1.75. The molecule has 0 aliphatic heterocycles. The Morgan fingerprint density at radius 2 is 2.62 bits per heavy atom. The number of anilines is 1. The first-order chi connectivity index (χ1) is 3.84. The van der Waals surface area contributed by atoms with Crippen LogP contribution in [-0.2, 0) is 6.42 Å². The predicted octanol–water partition coefficient (Wildman–Crippen LogP) is 1.29. The fourth-order valence-corrected chi connectivity index (χ4v) is 1.23. The van der Waals surface area contributed by atoms with Crippen molar-refractivity contribution in [3.8, 4) is 0 Å². The fourth-order valence-electron chi connectivity index (χ4n) is 0.530. The molecule has 44 valence electrons. The molecule has 0 amide bonds. The summed E-state index contributed by atoms with van der Waals surface area (Å²) in [6.45, 7) is 2.07. The van der Waals surface area contributed by atoms with Crippen molar-refractivity contribution in [2.24, 2.45) is 0 Å². The summed E-state index contributed by atoms with van der Waals surface area (Å²) >= 11 is 1.42. The van der Waals surface area contributed by atoms with E-state index in [0.29, 0.717) is 5.82 Å². The van der Waals surface area contributed by atoms with Gasteiger partial charge in [-0.3, -0.25) is 0 Å². The smallest absolute Gasteiger partial charge is 0.140 e. The van der Waals surface area contributed by atoms with Gasteiger partial charge in [-0.1, -0.05) is 6.92 Å². The molecule has 8 heavy (non-hydrogen) atoms. The first-order valence-corrected chi connectivity index (χ1v) is 3.37. The van der Waals surface area contributed by atoms with Crippen LogP contribution in [0.5, 0.6) is 0 Å². The Balaban J connectivity index is 2.92. The van der Waals surface area contributed by atoms with Crippen molar-refractivity contribution >= 4 is 17.4 Å². The molecule has 1 aromatic rings. The average molecular weight is 128 g/mol. The zero-order valence-electron chi connectivity index (χ0n) is 4.72. The molecule has 0 unspecified atom stereocenters. The summed E-state index contributed by atoms with van der Waals surface area (Å²) in [4.78, 5) is 0. The maximum Gasteiger partial charge on any atom is 0.140 e. The summed E-state index contributed by atoms with van der Waals surface area (Å²) in [5.74, 6) is 0.692. The van der Waals surface area contributed by atoms with Crippen molar-refractivity contribution in [1.29, 1.82) is 0 Å². The molecular formula is C5H8N2S. The van der Waals surface area contributed by atoms with Crippen LogP contribution in [0.1, 0.15) is 12.5 Å². The van der Waals surface area contributed by atoms with Gasteiger partial charge in [0, 0.05) is 10.9 Å². The van der Waals surface area contributed by atoms with Gasteiger partial charge in [0.15, 0.2) is 0 Å². The molecule has 1 aromatic heterocycles. The molecule has 0 radical (unpaired) electrons. The van der Waals surface area contributed by atoms with Gasteiger partial charge < -0.3 is 5.73 Å². The molecule has 0 aliphatic rings. The molecule has 0 fully saturated rings. The van der Waals surface area contributed by atoms with E-state index >= 15 is 0 Å². The molecule has 0 bridgehead atoms. The first kappa shape index (κ1) is 5.56. The van der Waals surface area contributed by atoms with Gasteiger partial charge in [0.1, 0.15) is 5.82 Å². The SMILES string of the molecule is CCc1csnc1N. The van der Waals surface area contributed by atoms with Gasteiger partial charge in [-0.25, -0.2) is 0 Å². The topological polar surface area (TPSA) is 38.9 Å². The minimum atomic E-state index is 0.692. The van der Waals surface area contributed by atoms with Gasteiger partial charge >= 0.3 is 0 Å². The lowest BCUT2D eigenvalue weighted by molar-refractivity contribution is 1.15. The van der Waals surface area contributed by atoms with Crippen molar-refractivity contribution in [2.45, 2.75) is 13.3 Å². The van der Waals surface area contributed by atoms with Crippen molar-refractivity contribution in [1.82, 2.24) is 4.37 Å². The molecule has 0 atom stereocenters. The van der Waals surface area contributed by atoms with Crippen molar-refractivity contribution in [3.05, 3.63) is 10.9 Å². The van der Waals surface area contributed by atoms with E-state index in [4.69, 9.17) is 5.73 Å². The van der Waals surface area contributed by atoms with Crippen LogP contribution in [0.15, 0.2) is 5.38 Å². The number of hydrogen-bond acceptors (Lipinski definition) is 3. The molecule has 0 spiro atoms. The van der Waals surface area contributed by atoms with Gasteiger partial charge in [-0.05, 0) is 18.0 Å². The Morgan fingerprint density at radius 3 is 2.88 bits per heavy atom. The molecule has 0 saturated heterocycles. The van der Waals surface area contributed by atoms with Crippen molar-refractivity contribution < 1.29 is 0 Å². The molecule has 1 heterocycles. The second-order valence-corrected chi connectivity index (χ2v) is 2.21. The largest absolute Gasteiger partial charge is 0.383 e. The fraction of sp³-hybridized carbons (Fsp3) is 0.400. The van der Waals surface area contributed by atoms with Crippen molar-refractivity contribution in [3.63, 3.8) is 0 Å². The molecule has 1 rings (SSSR count). The van der Waals surface area contributed by atoms with Crippen LogP contribution in [0.3, 0.4) is 0 Å². The Bertz CT molecular complexity index is 171. The summed E-state index contributed by atoms with van der Waals surface area (Å²) in [6.07, 6.45) is 0.988. The maximum atomic E-state index is 5.45. The van der Waals surface area contributed by atoms with Crippen LogP contribution in [0.4, 0.5) is 5.82 Å². The number of nitrogens with zero attached hydrogens (tertiary/aromatic N) is 1. The number of nitrogens with two attached hydrogens (primary N) is 1. The minimum absolute atomic E-state index is 0.692. The van der Waals surface area contributed by atoms with E-state index in [2.05, 4.69) is 11.3 Å². The molecule has 0 aromatic carbocycles. The van der Waals surface area contributed by atoms with E-state index in [0.717, 1.165) is 12.0 Å². The number of hydrogen-bond donors (Lipinski definition) is 1. The van der Waals surface area contributed by atoms with Crippen LogP contribution in [0.25, 0.3) is 0 Å². The molecule has 2 nitrogen and oxygen atoms in total. The van der Waals surface area contributed by atoms with E-state index in [1.165, 1.54) is 11.5 Å². The minimum Gasteiger partial charge on any atom is -0.383 e. The Kier molecular flexibility index (Phi) is 1.48. The summed E-state index contributed by atoms with van der Waals surface area (Å²) < 4.78 is 3.91. The van der Waals surface area contributed by atoms with Gasteiger partial charge in [-0.2, -0.15) is 4.37 Å². The third kappa shape index (κ3) is 0.816. The highest BCUT2D eigenvalue weighted by molar-refractivity contribution is 7.04. The van der Waals surface area contributed by atoms with E-state index in [1.54, 1.807) is 0 Å².